The summed E-state index contributed by atoms with van der Waals surface area (Å²) < 4.78 is 5.45. The van der Waals surface area contributed by atoms with Gasteiger partial charge in [-0.05, 0) is 38.0 Å². The molecular formula is C12H23NO3. The molecule has 0 aromatic carbocycles. The van der Waals surface area contributed by atoms with Crippen molar-refractivity contribution in [2.24, 2.45) is 5.92 Å². The highest BCUT2D eigenvalue weighted by Gasteiger charge is 2.20. The van der Waals surface area contributed by atoms with Gasteiger partial charge in [0.25, 0.3) is 0 Å². The molecule has 0 unspecified atom stereocenters. The molecule has 0 atom stereocenters. The van der Waals surface area contributed by atoms with Crippen LogP contribution in [0, 0.1) is 5.92 Å². The first-order chi connectivity index (χ1) is 7.83. The van der Waals surface area contributed by atoms with Crippen molar-refractivity contribution in [1.29, 1.82) is 0 Å². The first kappa shape index (κ1) is 13.5. The lowest BCUT2D eigenvalue weighted by Gasteiger charge is -2.05. The minimum Gasteiger partial charge on any atom is -0.396 e. The molecule has 4 heteroatoms. The molecule has 1 fully saturated rings. The molecule has 1 saturated carbocycles. The van der Waals surface area contributed by atoms with Gasteiger partial charge in [-0.15, -0.1) is 0 Å². The van der Waals surface area contributed by atoms with E-state index in [0.29, 0.717) is 19.4 Å². The zero-order valence-electron chi connectivity index (χ0n) is 9.91. The molecule has 1 aliphatic carbocycles. The molecule has 4 nitrogen and oxygen atoms in total. The van der Waals surface area contributed by atoms with Crippen molar-refractivity contribution in [3.8, 4) is 0 Å². The molecule has 0 aliphatic heterocycles. The van der Waals surface area contributed by atoms with E-state index in [4.69, 9.17) is 9.84 Å². The largest absolute Gasteiger partial charge is 0.396 e. The van der Waals surface area contributed by atoms with Crippen LogP contribution in [0.15, 0.2) is 0 Å². The van der Waals surface area contributed by atoms with Crippen molar-refractivity contribution in [3.63, 3.8) is 0 Å². The highest BCUT2D eigenvalue weighted by atomic mass is 16.5. The van der Waals surface area contributed by atoms with Gasteiger partial charge in [0.15, 0.2) is 0 Å². The van der Waals surface area contributed by atoms with Gasteiger partial charge in [0.1, 0.15) is 0 Å². The number of carbonyl (C=O) groups is 1. The predicted octanol–water partition coefficient (Wildman–Crippen LogP) is 1.08. The lowest BCUT2D eigenvalue weighted by atomic mass is 10.2. The van der Waals surface area contributed by atoms with Crippen LogP contribution in [0.25, 0.3) is 0 Å². The predicted molar refractivity (Wildman–Crippen MR) is 62.1 cm³/mol. The molecule has 0 aromatic heterocycles. The summed E-state index contributed by atoms with van der Waals surface area (Å²) in [6, 6.07) is 0. The number of hydrogen-bond acceptors (Lipinski definition) is 3. The maximum atomic E-state index is 11.2. The quantitative estimate of drug-likeness (QED) is 0.551. The summed E-state index contributed by atoms with van der Waals surface area (Å²) in [6.45, 7) is 2.50. The van der Waals surface area contributed by atoms with Crippen LogP contribution in [-0.2, 0) is 9.53 Å². The van der Waals surface area contributed by atoms with Gasteiger partial charge < -0.3 is 15.2 Å². The molecule has 0 heterocycles. The lowest BCUT2D eigenvalue weighted by molar-refractivity contribution is -0.121. The van der Waals surface area contributed by atoms with Crippen LogP contribution in [0.5, 0.6) is 0 Å². The van der Waals surface area contributed by atoms with E-state index in [-0.39, 0.29) is 12.5 Å². The van der Waals surface area contributed by atoms with Crippen LogP contribution >= 0.6 is 0 Å². The zero-order chi connectivity index (χ0) is 11.6. The average molecular weight is 229 g/mol. The maximum Gasteiger partial charge on any atom is 0.219 e. The number of rotatable bonds is 10. The molecule has 1 amide bonds. The molecule has 0 bridgehead atoms. The van der Waals surface area contributed by atoms with Crippen molar-refractivity contribution in [1.82, 2.24) is 5.32 Å². The van der Waals surface area contributed by atoms with Crippen LogP contribution in [0.3, 0.4) is 0 Å². The van der Waals surface area contributed by atoms with Crippen LogP contribution < -0.4 is 5.32 Å². The lowest BCUT2D eigenvalue weighted by Crippen LogP contribution is -2.25. The third-order valence-electron chi connectivity index (χ3n) is 2.65. The van der Waals surface area contributed by atoms with Gasteiger partial charge in [-0.25, -0.2) is 0 Å². The summed E-state index contributed by atoms with van der Waals surface area (Å²) in [6.07, 6.45) is 5.52. The molecule has 1 aliphatic rings. The molecular weight excluding hydrogens is 206 g/mol. The van der Waals surface area contributed by atoms with Gasteiger partial charge in [-0.2, -0.15) is 0 Å². The Bertz CT molecular complexity index is 193. The van der Waals surface area contributed by atoms with Gasteiger partial charge in [0.2, 0.25) is 5.91 Å². The zero-order valence-corrected chi connectivity index (χ0v) is 9.91. The van der Waals surface area contributed by atoms with Gasteiger partial charge >= 0.3 is 0 Å². The Morgan fingerprint density at radius 3 is 2.81 bits per heavy atom. The van der Waals surface area contributed by atoms with Gasteiger partial charge in [-0.3, -0.25) is 4.79 Å². The number of carbonyl (C=O) groups excluding carboxylic acids is 1. The molecule has 16 heavy (non-hydrogen) atoms. The second-order valence-electron chi connectivity index (χ2n) is 4.40. The summed E-state index contributed by atoms with van der Waals surface area (Å²) in [7, 11) is 0. The fraction of sp³-hybridized carbons (Fsp3) is 0.917. The molecule has 1 rings (SSSR count). The average Bonchev–Trinajstić information content (AvgIpc) is 3.07. The topological polar surface area (TPSA) is 58.6 Å². The van der Waals surface area contributed by atoms with Crippen LogP contribution in [0.4, 0.5) is 0 Å². The van der Waals surface area contributed by atoms with Crippen LogP contribution in [0.1, 0.15) is 38.5 Å². The smallest absolute Gasteiger partial charge is 0.219 e. The van der Waals surface area contributed by atoms with Crippen LogP contribution in [0.2, 0.25) is 0 Å². The Morgan fingerprint density at radius 2 is 2.12 bits per heavy atom. The number of amides is 1. The SMILES string of the molecule is O=C(CCCCO)NCCCOCC1CC1. The maximum absolute atomic E-state index is 11.2. The number of aliphatic hydroxyl groups excluding tert-OH is 1. The summed E-state index contributed by atoms with van der Waals surface area (Å²) in [5.74, 6) is 0.892. The van der Waals surface area contributed by atoms with E-state index >= 15 is 0 Å². The standard InChI is InChI=1S/C12H23NO3/c14-8-2-1-4-12(15)13-7-3-9-16-10-11-5-6-11/h11,14H,1-10H2,(H,13,15). The van der Waals surface area contributed by atoms with E-state index in [1.807, 2.05) is 0 Å². The summed E-state index contributed by atoms with van der Waals surface area (Å²) in [4.78, 5) is 11.2. The van der Waals surface area contributed by atoms with Crippen LogP contribution in [-0.4, -0.2) is 37.4 Å². The fourth-order valence-electron chi connectivity index (χ4n) is 1.42. The van der Waals surface area contributed by atoms with E-state index in [1.165, 1.54) is 12.8 Å². The first-order valence-corrected chi connectivity index (χ1v) is 6.28. The van der Waals surface area contributed by atoms with E-state index < -0.39 is 0 Å². The van der Waals surface area contributed by atoms with E-state index in [9.17, 15) is 4.79 Å². The summed E-state index contributed by atoms with van der Waals surface area (Å²) in [5.41, 5.74) is 0. The van der Waals surface area contributed by atoms with Crippen molar-refractivity contribution >= 4 is 5.91 Å². The minimum absolute atomic E-state index is 0.0793. The monoisotopic (exact) mass is 229 g/mol. The van der Waals surface area contributed by atoms with E-state index in [2.05, 4.69) is 5.32 Å². The third kappa shape index (κ3) is 7.65. The van der Waals surface area contributed by atoms with Gasteiger partial charge in [-0.1, -0.05) is 0 Å². The Balaban J connectivity index is 1.76. The first-order valence-electron chi connectivity index (χ1n) is 6.28. The Hall–Kier alpha value is -0.610. The van der Waals surface area contributed by atoms with E-state index in [0.717, 1.165) is 32.0 Å². The summed E-state index contributed by atoms with van der Waals surface area (Å²) >= 11 is 0. The molecule has 0 aromatic rings. The van der Waals surface area contributed by atoms with Gasteiger partial charge in [0, 0.05) is 32.8 Å². The molecule has 2 N–H and O–H groups in total. The van der Waals surface area contributed by atoms with Crippen molar-refractivity contribution in [3.05, 3.63) is 0 Å². The Labute approximate surface area is 97.4 Å². The normalized spacial score (nSPS) is 15.1. The number of nitrogens with one attached hydrogen (secondary N) is 1. The molecule has 94 valence electrons. The van der Waals surface area contributed by atoms with Crippen molar-refractivity contribution in [2.75, 3.05) is 26.4 Å². The fourth-order valence-corrected chi connectivity index (χ4v) is 1.42. The Morgan fingerprint density at radius 1 is 1.31 bits per heavy atom. The number of ether oxygens (including phenoxy) is 1. The third-order valence-corrected chi connectivity index (χ3v) is 2.65. The number of unbranched alkanes of at least 4 members (excludes halogenated alkanes) is 1. The number of aliphatic hydroxyl groups is 1. The van der Waals surface area contributed by atoms with Crippen molar-refractivity contribution in [2.45, 2.75) is 38.5 Å². The highest BCUT2D eigenvalue weighted by Crippen LogP contribution is 2.28. The molecule has 0 saturated heterocycles. The second-order valence-corrected chi connectivity index (χ2v) is 4.40. The molecule has 0 radical (unpaired) electrons. The second kappa shape index (κ2) is 8.53. The Kier molecular flexibility index (Phi) is 7.17. The number of hydrogen-bond donors (Lipinski definition) is 2. The minimum atomic E-state index is 0.0793. The highest BCUT2D eigenvalue weighted by molar-refractivity contribution is 5.75. The van der Waals surface area contributed by atoms with E-state index in [1.54, 1.807) is 0 Å². The van der Waals surface area contributed by atoms with Crippen molar-refractivity contribution < 1.29 is 14.6 Å². The molecule has 0 spiro atoms. The summed E-state index contributed by atoms with van der Waals surface area (Å²) in [5, 5.41) is 11.4. The van der Waals surface area contributed by atoms with Gasteiger partial charge in [0.05, 0.1) is 0 Å².